The highest BCUT2D eigenvalue weighted by Gasteiger charge is 2.10. The van der Waals surface area contributed by atoms with E-state index in [0.717, 1.165) is 45.3 Å². The molecule has 0 saturated carbocycles. The highest BCUT2D eigenvalue weighted by Crippen LogP contribution is 2.29. The quantitative estimate of drug-likeness (QED) is 0.243. The number of nitrogens with zero attached hydrogens (tertiary/aromatic N) is 2. The van der Waals surface area contributed by atoms with E-state index >= 15 is 0 Å². The first-order valence-corrected chi connectivity index (χ1v) is 11.3. The average Bonchev–Trinajstić information content (AvgIpc) is 2.89. The topological polar surface area (TPSA) is 78.4 Å². The maximum Gasteiger partial charge on any atom is 0.255 e. The van der Waals surface area contributed by atoms with Crippen LogP contribution in [0.1, 0.15) is 28.4 Å². The fraction of sp³-hybridized carbons (Fsp3) is 0.0690. The lowest BCUT2D eigenvalue weighted by molar-refractivity contribution is 0.102. The molecule has 4 rings (SSSR count). The summed E-state index contributed by atoms with van der Waals surface area (Å²) in [6, 6.07) is 24.8. The maximum absolute atomic E-state index is 12.7. The second-order valence-corrected chi connectivity index (χ2v) is 7.98. The van der Waals surface area contributed by atoms with Gasteiger partial charge in [-0.15, -0.1) is 0 Å². The van der Waals surface area contributed by atoms with Gasteiger partial charge in [-0.1, -0.05) is 17.7 Å². The van der Waals surface area contributed by atoms with Crippen LogP contribution >= 0.6 is 0 Å². The number of rotatable bonds is 8. The van der Waals surface area contributed by atoms with E-state index in [1.165, 1.54) is 0 Å². The molecule has 4 aromatic rings. The van der Waals surface area contributed by atoms with Crippen LogP contribution in [0.4, 0.5) is 28.4 Å². The van der Waals surface area contributed by atoms with Gasteiger partial charge in [0.2, 0.25) is 0 Å². The summed E-state index contributed by atoms with van der Waals surface area (Å²) in [5.74, 6) is -0.172. The zero-order valence-electron chi connectivity index (χ0n) is 19.7. The van der Waals surface area contributed by atoms with Gasteiger partial charge in [0, 0.05) is 52.0 Å². The van der Waals surface area contributed by atoms with Gasteiger partial charge in [0.05, 0.1) is 5.69 Å². The molecule has 3 N–H and O–H groups in total. The Bertz CT molecular complexity index is 1340. The van der Waals surface area contributed by atoms with Crippen molar-refractivity contribution in [3.63, 3.8) is 0 Å². The highest BCUT2D eigenvalue weighted by atomic mass is 16.1. The van der Waals surface area contributed by atoms with Crippen LogP contribution in [-0.4, -0.2) is 17.6 Å². The highest BCUT2D eigenvalue weighted by molar-refractivity contribution is 6.04. The molecular weight excluding hydrogens is 434 g/mol. The van der Waals surface area contributed by atoms with Crippen molar-refractivity contribution in [1.82, 2.24) is 4.98 Å². The Labute approximate surface area is 205 Å². The van der Waals surface area contributed by atoms with Crippen LogP contribution in [0, 0.1) is 6.92 Å². The molecular formula is C29H27N5O. The summed E-state index contributed by atoms with van der Waals surface area (Å²) in [6.07, 6.45) is 5.46. The van der Waals surface area contributed by atoms with E-state index < -0.39 is 0 Å². The minimum Gasteiger partial charge on any atom is -0.355 e. The van der Waals surface area contributed by atoms with Crippen molar-refractivity contribution in [2.75, 3.05) is 16.0 Å². The van der Waals surface area contributed by atoms with Crippen molar-refractivity contribution in [2.45, 2.75) is 13.8 Å². The molecule has 3 aromatic carbocycles. The molecule has 0 radical (unpaired) electrons. The molecule has 0 aliphatic heterocycles. The zero-order valence-corrected chi connectivity index (χ0v) is 19.7. The van der Waals surface area contributed by atoms with E-state index in [4.69, 9.17) is 0 Å². The number of anilines is 4. The SMILES string of the molecule is C=Nc1ccc(C)cc1/C(=C\C)Nc1ccc(C(=O)Nc2ccc(Nc3ccncc3)cc2)cc1. The zero-order chi connectivity index (χ0) is 24.6. The van der Waals surface area contributed by atoms with Gasteiger partial charge in [-0.2, -0.15) is 0 Å². The van der Waals surface area contributed by atoms with Gasteiger partial charge in [0.25, 0.3) is 5.91 Å². The van der Waals surface area contributed by atoms with Crippen LogP contribution in [0.25, 0.3) is 5.70 Å². The van der Waals surface area contributed by atoms with Crippen LogP contribution in [0.3, 0.4) is 0 Å². The maximum atomic E-state index is 12.7. The van der Waals surface area contributed by atoms with Gasteiger partial charge < -0.3 is 16.0 Å². The summed E-state index contributed by atoms with van der Waals surface area (Å²) in [4.78, 5) is 20.9. The standard InChI is InChI=1S/C29H27N5O/c1-4-27(26-19-20(2)5-14-28(26)30-3)33-23-8-6-21(7-9-23)29(35)34-24-12-10-22(11-13-24)32-25-15-17-31-18-16-25/h4-19,33H,3H2,1-2H3,(H,31,32)(H,34,35)/b27-4+. The lowest BCUT2D eigenvalue weighted by atomic mass is 10.1. The molecule has 0 aliphatic rings. The van der Waals surface area contributed by atoms with Crippen LogP contribution in [-0.2, 0) is 0 Å². The van der Waals surface area contributed by atoms with Gasteiger partial charge in [0.1, 0.15) is 0 Å². The van der Waals surface area contributed by atoms with E-state index in [2.05, 4.69) is 38.7 Å². The van der Waals surface area contributed by atoms with Crippen molar-refractivity contribution in [3.05, 3.63) is 114 Å². The van der Waals surface area contributed by atoms with Crippen molar-refractivity contribution in [3.8, 4) is 0 Å². The molecule has 0 spiro atoms. The average molecular weight is 462 g/mol. The third-order valence-corrected chi connectivity index (χ3v) is 5.44. The van der Waals surface area contributed by atoms with Gasteiger partial charge in [-0.3, -0.25) is 14.8 Å². The fourth-order valence-corrected chi connectivity index (χ4v) is 3.60. The molecule has 0 aliphatic carbocycles. The minimum absolute atomic E-state index is 0.172. The monoisotopic (exact) mass is 461 g/mol. The van der Waals surface area contributed by atoms with Gasteiger partial charge in [0.15, 0.2) is 0 Å². The predicted molar refractivity (Wildman–Crippen MR) is 146 cm³/mol. The predicted octanol–water partition coefficient (Wildman–Crippen LogP) is 7.19. The number of carbonyl (C=O) groups excluding carboxylic acids is 1. The molecule has 1 aromatic heterocycles. The van der Waals surface area contributed by atoms with Crippen molar-refractivity contribution < 1.29 is 4.79 Å². The largest absolute Gasteiger partial charge is 0.355 e. The van der Waals surface area contributed by atoms with Crippen LogP contribution in [0.2, 0.25) is 0 Å². The molecule has 0 saturated heterocycles. The number of allylic oxidation sites excluding steroid dienone is 1. The third-order valence-electron chi connectivity index (χ3n) is 5.44. The summed E-state index contributed by atoms with van der Waals surface area (Å²) >= 11 is 0. The third kappa shape index (κ3) is 6.00. The van der Waals surface area contributed by atoms with E-state index in [0.29, 0.717) is 5.56 Å². The molecule has 0 bridgehead atoms. The first-order valence-electron chi connectivity index (χ1n) is 11.3. The molecule has 0 atom stereocenters. The van der Waals surface area contributed by atoms with E-state index in [1.807, 2.05) is 80.6 Å². The number of amides is 1. The Balaban J connectivity index is 1.40. The first-order chi connectivity index (χ1) is 17.1. The Morgan fingerprint density at radius 1 is 0.829 bits per heavy atom. The number of benzene rings is 3. The van der Waals surface area contributed by atoms with Crippen molar-refractivity contribution in [1.29, 1.82) is 0 Å². The Hall–Kier alpha value is -4.71. The van der Waals surface area contributed by atoms with E-state index in [-0.39, 0.29) is 5.91 Å². The number of aryl methyl sites for hydroxylation is 1. The summed E-state index contributed by atoms with van der Waals surface area (Å²) in [5.41, 5.74) is 7.89. The van der Waals surface area contributed by atoms with Gasteiger partial charge in [-0.05, 0) is 93.4 Å². The van der Waals surface area contributed by atoms with Crippen LogP contribution < -0.4 is 16.0 Å². The number of aromatic nitrogens is 1. The second-order valence-electron chi connectivity index (χ2n) is 7.98. The Morgan fingerprint density at radius 3 is 2.09 bits per heavy atom. The molecule has 1 amide bonds. The van der Waals surface area contributed by atoms with Crippen LogP contribution in [0.5, 0.6) is 0 Å². The fourth-order valence-electron chi connectivity index (χ4n) is 3.60. The molecule has 35 heavy (non-hydrogen) atoms. The molecule has 174 valence electrons. The summed E-state index contributed by atoms with van der Waals surface area (Å²) in [7, 11) is 0. The minimum atomic E-state index is -0.172. The number of hydrogen-bond donors (Lipinski definition) is 3. The van der Waals surface area contributed by atoms with Crippen LogP contribution in [0.15, 0.2) is 102 Å². The van der Waals surface area contributed by atoms with E-state index in [1.54, 1.807) is 24.5 Å². The van der Waals surface area contributed by atoms with Crippen molar-refractivity contribution in [2.24, 2.45) is 4.99 Å². The number of nitrogens with one attached hydrogen (secondary N) is 3. The number of carbonyl (C=O) groups is 1. The number of pyridine rings is 1. The smallest absolute Gasteiger partial charge is 0.255 e. The summed E-state index contributed by atoms with van der Waals surface area (Å²) in [6.45, 7) is 7.69. The lowest BCUT2D eigenvalue weighted by Crippen LogP contribution is -2.11. The first kappa shape index (κ1) is 23.4. The molecule has 1 heterocycles. The molecule has 0 unspecified atom stereocenters. The Kier molecular flexibility index (Phi) is 7.33. The Morgan fingerprint density at radius 2 is 1.43 bits per heavy atom. The molecule has 6 nitrogen and oxygen atoms in total. The normalized spacial score (nSPS) is 11.0. The van der Waals surface area contributed by atoms with Crippen molar-refractivity contribution >= 4 is 46.8 Å². The summed E-state index contributed by atoms with van der Waals surface area (Å²) in [5, 5.41) is 9.65. The van der Waals surface area contributed by atoms with Gasteiger partial charge >= 0.3 is 0 Å². The van der Waals surface area contributed by atoms with Gasteiger partial charge in [-0.25, -0.2) is 0 Å². The molecule has 6 heteroatoms. The lowest BCUT2D eigenvalue weighted by Gasteiger charge is -2.14. The second kappa shape index (κ2) is 10.9. The van der Waals surface area contributed by atoms with E-state index in [9.17, 15) is 4.79 Å². The number of aliphatic imine (C=N–C) groups is 1. The number of hydrogen-bond acceptors (Lipinski definition) is 5. The molecule has 0 fully saturated rings. The summed E-state index contributed by atoms with van der Waals surface area (Å²) < 4.78 is 0.